The van der Waals surface area contributed by atoms with Crippen molar-refractivity contribution in [2.24, 2.45) is 0 Å². The van der Waals surface area contributed by atoms with Crippen LogP contribution in [0, 0.1) is 0 Å². The second-order valence-corrected chi connectivity index (χ2v) is 9.39. The zero-order chi connectivity index (χ0) is 19.9. The Bertz CT molecular complexity index is 923. The summed E-state index contributed by atoms with van der Waals surface area (Å²) in [6.45, 7) is 6.42. The third-order valence-electron chi connectivity index (χ3n) is 3.75. The lowest BCUT2D eigenvalue weighted by molar-refractivity contribution is 0.102. The van der Waals surface area contributed by atoms with E-state index in [-0.39, 0.29) is 11.9 Å². The molecular formula is C21H23N3O2S2. The number of benzene rings is 2. The van der Waals surface area contributed by atoms with Gasteiger partial charge in [0.05, 0.1) is 6.42 Å². The molecule has 146 valence electrons. The Morgan fingerprint density at radius 1 is 1.11 bits per heavy atom. The van der Waals surface area contributed by atoms with E-state index in [2.05, 4.69) is 60.6 Å². The number of nitrogens with zero attached hydrogens (tertiary/aromatic N) is 2. The number of carbonyl (C=O) groups is 1. The molecule has 0 spiro atoms. The Morgan fingerprint density at radius 3 is 2.61 bits per heavy atom. The maximum Gasteiger partial charge on any atom is 0.322 e. The third-order valence-corrected chi connectivity index (χ3v) is 5.64. The Balaban J connectivity index is 1.61. The maximum absolute atomic E-state index is 12.4. The van der Waals surface area contributed by atoms with Crippen molar-refractivity contribution in [1.29, 1.82) is 0 Å². The first-order valence-electron chi connectivity index (χ1n) is 9.15. The normalized spacial score (nSPS) is 11.0. The molecule has 28 heavy (non-hydrogen) atoms. The van der Waals surface area contributed by atoms with Gasteiger partial charge in [-0.15, -0.1) is 28.6 Å². The molecule has 0 aliphatic carbocycles. The van der Waals surface area contributed by atoms with Gasteiger partial charge >= 0.3 is 6.01 Å². The molecule has 5 nitrogen and oxygen atoms in total. The average Bonchev–Trinajstić information content (AvgIpc) is 3.10. The molecule has 0 unspecified atom stereocenters. The van der Waals surface area contributed by atoms with Crippen LogP contribution in [-0.4, -0.2) is 27.1 Å². The summed E-state index contributed by atoms with van der Waals surface area (Å²) in [4.78, 5) is 14.7. The molecule has 3 rings (SSSR count). The third kappa shape index (κ3) is 5.87. The summed E-state index contributed by atoms with van der Waals surface area (Å²) in [5.41, 5.74) is 1.65. The van der Waals surface area contributed by atoms with Crippen molar-refractivity contribution in [3.05, 3.63) is 65.5 Å². The van der Waals surface area contributed by atoms with Crippen LogP contribution in [0.3, 0.4) is 0 Å². The lowest BCUT2D eigenvalue weighted by atomic mass is 10.1. The second kappa shape index (κ2) is 9.80. The van der Waals surface area contributed by atoms with Crippen molar-refractivity contribution < 1.29 is 9.21 Å². The molecule has 1 heterocycles. The van der Waals surface area contributed by atoms with Crippen LogP contribution in [-0.2, 0) is 6.42 Å². The lowest BCUT2D eigenvalue weighted by Gasteiger charge is -2.05. The van der Waals surface area contributed by atoms with Crippen LogP contribution in [0.2, 0.25) is 0 Å². The fourth-order valence-electron chi connectivity index (χ4n) is 2.57. The maximum atomic E-state index is 12.4. The van der Waals surface area contributed by atoms with Crippen LogP contribution in [0.15, 0.2) is 62.7 Å². The summed E-state index contributed by atoms with van der Waals surface area (Å²) in [6.07, 6.45) is 0.526. The second-order valence-electron chi connectivity index (χ2n) is 6.40. The largest absolute Gasteiger partial charge is 0.407 e. The molecule has 1 N–H and O–H groups in total. The summed E-state index contributed by atoms with van der Waals surface area (Å²) in [6, 6.07) is 15.9. The number of anilines is 1. The first-order valence-corrected chi connectivity index (χ1v) is 11.0. The van der Waals surface area contributed by atoms with Crippen molar-refractivity contribution in [3.8, 4) is 0 Å². The van der Waals surface area contributed by atoms with Crippen molar-refractivity contribution in [2.45, 2.75) is 42.2 Å². The predicted octanol–water partition coefficient (Wildman–Crippen LogP) is 5.53. The number of nitrogens with one attached hydrogen (secondary N) is 1. The van der Waals surface area contributed by atoms with Gasteiger partial charge in [0.15, 0.2) is 0 Å². The van der Waals surface area contributed by atoms with Crippen LogP contribution in [0.4, 0.5) is 6.01 Å². The molecule has 0 aliphatic rings. The standard InChI is InChI=1S/C21H23N3O2S2/c1-4-27-18-7-5-6-16(13-18)20(25)22-21-24-23-19(26-21)12-15-8-10-17(11-9-15)28-14(2)3/h5-11,13-14H,4,12H2,1-3H3,(H,22,24,25). The van der Waals surface area contributed by atoms with Gasteiger partial charge in [0.2, 0.25) is 5.89 Å². The van der Waals surface area contributed by atoms with E-state index < -0.39 is 0 Å². The van der Waals surface area contributed by atoms with Gasteiger partial charge in [-0.05, 0) is 41.6 Å². The Morgan fingerprint density at radius 2 is 1.89 bits per heavy atom. The fourth-order valence-corrected chi connectivity index (χ4v) is 4.13. The van der Waals surface area contributed by atoms with Gasteiger partial charge in [0.25, 0.3) is 5.91 Å². The van der Waals surface area contributed by atoms with Crippen LogP contribution >= 0.6 is 23.5 Å². The molecular weight excluding hydrogens is 390 g/mol. The van der Waals surface area contributed by atoms with Gasteiger partial charge in [-0.25, -0.2) is 0 Å². The first-order chi connectivity index (χ1) is 13.5. The van der Waals surface area contributed by atoms with E-state index in [1.54, 1.807) is 17.8 Å². The quantitative estimate of drug-likeness (QED) is 0.490. The van der Waals surface area contributed by atoms with Crippen LogP contribution in [0.25, 0.3) is 0 Å². The molecule has 0 atom stereocenters. The van der Waals surface area contributed by atoms with Gasteiger partial charge in [-0.1, -0.05) is 44.1 Å². The lowest BCUT2D eigenvalue weighted by Crippen LogP contribution is -2.12. The molecule has 0 saturated carbocycles. The number of amides is 1. The number of thioether (sulfide) groups is 2. The zero-order valence-electron chi connectivity index (χ0n) is 16.1. The Kier molecular flexibility index (Phi) is 7.17. The topological polar surface area (TPSA) is 68.0 Å². The molecule has 2 aromatic carbocycles. The van der Waals surface area contributed by atoms with Crippen molar-refractivity contribution in [3.63, 3.8) is 0 Å². The molecule has 7 heteroatoms. The minimum atomic E-state index is -0.260. The average molecular weight is 414 g/mol. The minimum absolute atomic E-state index is 0.112. The van der Waals surface area contributed by atoms with E-state index in [0.717, 1.165) is 16.2 Å². The molecule has 0 fully saturated rings. The molecule has 0 bridgehead atoms. The molecule has 1 amide bonds. The van der Waals surface area contributed by atoms with Crippen LogP contribution < -0.4 is 5.32 Å². The van der Waals surface area contributed by atoms with Crippen LogP contribution in [0.5, 0.6) is 0 Å². The van der Waals surface area contributed by atoms with Gasteiger partial charge < -0.3 is 4.42 Å². The molecule has 1 aromatic heterocycles. The van der Waals surface area contributed by atoms with Gasteiger partial charge in [0, 0.05) is 20.6 Å². The van der Waals surface area contributed by atoms with E-state index in [0.29, 0.717) is 23.1 Å². The van der Waals surface area contributed by atoms with Crippen molar-refractivity contribution in [1.82, 2.24) is 10.2 Å². The SMILES string of the molecule is CCSc1cccc(C(=O)Nc2nnc(Cc3ccc(SC(C)C)cc3)o2)c1. The first kappa shape index (κ1) is 20.5. The number of aromatic nitrogens is 2. The predicted molar refractivity (Wildman–Crippen MR) is 115 cm³/mol. The summed E-state index contributed by atoms with van der Waals surface area (Å²) in [5.74, 6) is 1.16. The monoisotopic (exact) mass is 413 g/mol. The van der Waals surface area contributed by atoms with E-state index in [1.807, 2.05) is 30.0 Å². The highest BCUT2D eigenvalue weighted by Crippen LogP contribution is 2.24. The highest BCUT2D eigenvalue weighted by molar-refractivity contribution is 8.00. The van der Waals surface area contributed by atoms with E-state index in [9.17, 15) is 4.79 Å². The molecule has 3 aromatic rings. The van der Waals surface area contributed by atoms with E-state index in [1.165, 1.54) is 4.90 Å². The number of hydrogen-bond donors (Lipinski definition) is 1. The highest BCUT2D eigenvalue weighted by atomic mass is 32.2. The number of rotatable bonds is 8. The summed E-state index contributed by atoms with van der Waals surface area (Å²) in [5, 5.41) is 11.2. The van der Waals surface area contributed by atoms with Gasteiger partial charge in [0.1, 0.15) is 0 Å². The van der Waals surface area contributed by atoms with Crippen molar-refractivity contribution in [2.75, 3.05) is 11.1 Å². The minimum Gasteiger partial charge on any atom is -0.407 e. The summed E-state index contributed by atoms with van der Waals surface area (Å²) >= 11 is 3.52. The fraction of sp³-hybridized carbons (Fsp3) is 0.286. The van der Waals surface area contributed by atoms with Crippen LogP contribution in [0.1, 0.15) is 42.6 Å². The molecule has 0 radical (unpaired) electrons. The number of hydrogen-bond acceptors (Lipinski definition) is 6. The number of carbonyl (C=O) groups excluding carboxylic acids is 1. The molecule has 0 aliphatic heterocycles. The summed E-state index contributed by atoms with van der Waals surface area (Å²) in [7, 11) is 0. The zero-order valence-corrected chi connectivity index (χ0v) is 17.8. The van der Waals surface area contributed by atoms with E-state index in [4.69, 9.17) is 4.42 Å². The molecule has 0 saturated heterocycles. The van der Waals surface area contributed by atoms with Gasteiger partial charge in [-0.2, -0.15) is 0 Å². The highest BCUT2D eigenvalue weighted by Gasteiger charge is 2.12. The van der Waals surface area contributed by atoms with Gasteiger partial charge in [-0.3, -0.25) is 10.1 Å². The Hall–Kier alpha value is -2.25. The van der Waals surface area contributed by atoms with Crippen molar-refractivity contribution >= 4 is 35.4 Å². The summed E-state index contributed by atoms with van der Waals surface area (Å²) < 4.78 is 5.59. The Labute approximate surface area is 173 Å². The van der Waals surface area contributed by atoms with E-state index >= 15 is 0 Å². The smallest absolute Gasteiger partial charge is 0.322 e.